The summed E-state index contributed by atoms with van der Waals surface area (Å²) in [5.41, 5.74) is 4.22. The van der Waals surface area contributed by atoms with Gasteiger partial charge in [0.2, 0.25) is 0 Å². The quantitative estimate of drug-likeness (QED) is 0.189. The molecule has 0 radical (unpaired) electrons. The molecular weight excluding hydrogens is 444 g/mol. The molecule has 0 saturated heterocycles. The van der Waals surface area contributed by atoms with Crippen LogP contribution in [0, 0.1) is 5.92 Å². The van der Waals surface area contributed by atoms with E-state index in [4.69, 9.17) is 14.3 Å². The van der Waals surface area contributed by atoms with Crippen molar-refractivity contribution in [3.8, 4) is 5.75 Å². The van der Waals surface area contributed by atoms with E-state index in [9.17, 15) is 9.90 Å². The highest BCUT2D eigenvalue weighted by Crippen LogP contribution is 2.39. The highest BCUT2D eigenvalue weighted by molar-refractivity contribution is 6.74. The third-order valence-electron chi connectivity index (χ3n) is 6.90. The van der Waals surface area contributed by atoms with Crippen molar-refractivity contribution < 1.29 is 24.2 Å². The van der Waals surface area contributed by atoms with Gasteiger partial charge in [-0.05, 0) is 74.5 Å². The average molecular weight is 487 g/mol. The second kappa shape index (κ2) is 13.1. The third-order valence-corrected chi connectivity index (χ3v) is 11.4. The monoisotopic (exact) mass is 486 g/mol. The number of rotatable bonds is 13. The molecule has 3 atom stereocenters. The lowest BCUT2D eigenvalue weighted by Crippen LogP contribution is -2.45. The van der Waals surface area contributed by atoms with Crippen molar-refractivity contribution in [1.82, 2.24) is 0 Å². The van der Waals surface area contributed by atoms with Crippen LogP contribution < -0.4 is 4.74 Å². The molecule has 2 rings (SSSR count). The first-order valence-electron chi connectivity index (χ1n) is 12.3. The topological polar surface area (TPSA) is 76.0 Å². The summed E-state index contributed by atoms with van der Waals surface area (Å²) in [5, 5.41) is 19.3. The van der Waals surface area contributed by atoms with Gasteiger partial charge in [-0.3, -0.25) is 4.79 Å². The molecule has 2 N–H and O–H groups in total. The Balaban J connectivity index is 1.99. The number of benzene rings is 1. The summed E-state index contributed by atoms with van der Waals surface area (Å²) in [4.78, 5) is 10.6. The number of para-hydroxylation sites is 1. The number of aliphatic hydroxyl groups is 1. The first kappa shape index (κ1) is 28.1. The van der Waals surface area contributed by atoms with E-state index < -0.39 is 14.3 Å². The minimum Gasteiger partial charge on any atom is -0.491 e. The molecule has 0 bridgehead atoms. The van der Waals surface area contributed by atoms with Crippen molar-refractivity contribution in [2.75, 3.05) is 6.61 Å². The van der Waals surface area contributed by atoms with Crippen LogP contribution in [-0.2, 0) is 9.22 Å². The zero-order chi connectivity index (χ0) is 25.2. The normalized spacial score (nSPS) is 19.2. The smallest absolute Gasteiger partial charge is 0.307 e. The van der Waals surface area contributed by atoms with Crippen LogP contribution in [0.5, 0.6) is 5.75 Å². The summed E-state index contributed by atoms with van der Waals surface area (Å²) in [5.74, 6) is 0.117. The van der Waals surface area contributed by atoms with E-state index in [-0.39, 0.29) is 29.6 Å². The largest absolute Gasteiger partial charge is 0.491 e. The van der Waals surface area contributed by atoms with Crippen molar-refractivity contribution in [3.05, 3.63) is 59.9 Å². The fraction of sp³-hybridized carbons (Fsp3) is 0.571. The van der Waals surface area contributed by atoms with Crippen LogP contribution in [0.15, 0.2) is 59.9 Å². The third kappa shape index (κ3) is 9.26. The van der Waals surface area contributed by atoms with Crippen molar-refractivity contribution in [1.29, 1.82) is 0 Å². The Bertz CT molecular complexity index is 863. The number of ether oxygens (including phenoxy) is 1. The second-order valence-corrected chi connectivity index (χ2v) is 15.4. The number of carboxylic acids is 1. The van der Waals surface area contributed by atoms with Crippen LogP contribution in [-0.4, -0.2) is 43.3 Å². The van der Waals surface area contributed by atoms with Gasteiger partial charge in [0, 0.05) is 5.92 Å². The van der Waals surface area contributed by atoms with Crippen molar-refractivity contribution in [2.45, 2.75) is 89.6 Å². The molecule has 1 aromatic rings. The highest BCUT2D eigenvalue weighted by Gasteiger charge is 2.39. The van der Waals surface area contributed by atoms with Gasteiger partial charge < -0.3 is 19.4 Å². The number of aliphatic carboxylic acids is 1. The second-order valence-electron chi connectivity index (χ2n) is 10.6. The predicted molar refractivity (Wildman–Crippen MR) is 140 cm³/mol. The molecule has 0 saturated carbocycles. The van der Waals surface area contributed by atoms with Gasteiger partial charge in [-0.1, -0.05) is 50.6 Å². The van der Waals surface area contributed by atoms with Gasteiger partial charge in [0.1, 0.15) is 12.4 Å². The summed E-state index contributed by atoms with van der Waals surface area (Å²) in [6, 6.07) is 9.85. The molecule has 0 fully saturated rings. The molecule has 0 aliphatic heterocycles. The fourth-order valence-electron chi connectivity index (χ4n) is 3.88. The van der Waals surface area contributed by atoms with Gasteiger partial charge >= 0.3 is 5.97 Å². The van der Waals surface area contributed by atoms with E-state index in [1.165, 1.54) is 11.6 Å². The van der Waals surface area contributed by atoms with Crippen LogP contribution in [0.1, 0.15) is 59.3 Å². The molecule has 1 aromatic carbocycles. The first-order valence-corrected chi connectivity index (χ1v) is 15.2. The predicted octanol–water partition coefficient (Wildman–Crippen LogP) is 6.51. The summed E-state index contributed by atoms with van der Waals surface area (Å²) >= 11 is 0. The Hall–Kier alpha value is -2.11. The summed E-state index contributed by atoms with van der Waals surface area (Å²) in [6.07, 6.45) is 9.18. The van der Waals surface area contributed by atoms with Gasteiger partial charge in [-0.25, -0.2) is 0 Å². The number of carbonyl (C=O) groups is 1. The maximum absolute atomic E-state index is 10.6. The fourth-order valence-corrected chi connectivity index (χ4v) is 5.25. The molecule has 5 nitrogen and oxygen atoms in total. The van der Waals surface area contributed by atoms with Gasteiger partial charge in [0.05, 0.1) is 18.6 Å². The van der Waals surface area contributed by atoms with Gasteiger partial charge in [0.25, 0.3) is 0 Å². The molecule has 1 aliphatic rings. The maximum atomic E-state index is 10.6. The summed E-state index contributed by atoms with van der Waals surface area (Å²) < 4.78 is 12.8. The van der Waals surface area contributed by atoms with Gasteiger partial charge in [0.15, 0.2) is 8.32 Å². The van der Waals surface area contributed by atoms with Crippen molar-refractivity contribution >= 4 is 14.3 Å². The van der Waals surface area contributed by atoms with Gasteiger partial charge in [-0.2, -0.15) is 0 Å². The molecule has 2 unspecified atom stereocenters. The van der Waals surface area contributed by atoms with Crippen LogP contribution in [0.2, 0.25) is 18.1 Å². The maximum Gasteiger partial charge on any atom is 0.307 e. The Labute approximate surface area is 206 Å². The SMILES string of the molecule is CC(C)(C)[Si](C)(C)OC(CCC1=CCC(O)[C@@H]1CCC=C=CCC(=O)O)COc1ccccc1. The lowest BCUT2D eigenvalue weighted by Gasteiger charge is -2.39. The lowest BCUT2D eigenvalue weighted by molar-refractivity contribution is -0.136. The van der Waals surface area contributed by atoms with E-state index in [1.54, 1.807) is 0 Å². The van der Waals surface area contributed by atoms with E-state index in [2.05, 4.69) is 45.7 Å². The molecule has 188 valence electrons. The summed E-state index contributed by atoms with van der Waals surface area (Å²) in [7, 11) is -1.96. The van der Waals surface area contributed by atoms with Gasteiger partial charge in [-0.15, -0.1) is 5.73 Å². The minimum atomic E-state index is -1.96. The lowest BCUT2D eigenvalue weighted by atomic mass is 9.90. The Morgan fingerprint density at radius 2 is 1.94 bits per heavy atom. The molecule has 6 heteroatoms. The molecule has 0 spiro atoms. The molecular formula is C28H42O5Si. The van der Waals surface area contributed by atoms with Crippen LogP contribution in [0.25, 0.3) is 0 Å². The average Bonchev–Trinajstić information content (AvgIpc) is 3.11. The molecule has 0 amide bonds. The number of hydrogen-bond donors (Lipinski definition) is 2. The standard InChI is InChI=1S/C28H42O5Si/c1-28(2,3)34(4,5)33-24(21-32-23-13-9-8-10-14-23)19-17-22-18-20-26(29)25(22)15-11-6-7-12-16-27(30)31/h6,8-10,12-14,18,24-26,29H,11,15-17,19-21H2,1-5H3,(H,30,31)/t7?,24?,25-,26?/m1/s1. The first-order chi connectivity index (χ1) is 16.0. The molecule has 1 aliphatic carbocycles. The van der Waals surface area contributed by atoms with Crippen molar-refractivity contribution in [3.63, 3.8) is 0 Å². The number of aliphatic hydroxyl groups excluding tert-OH is 1. The highest BCUT2D eigenvalue weighted by atomic mass is 28.4. The number of hydrogen-bond acceptors (Lipinski definition) is 4. The van der Waals surface area contributed by atoms with E-state index in [0.29, 0.717) is 13.0 Å². The van der Waals surface area contributed by atoms with Crippen LogP contribution in [0.4, 0.5) is 0 Å². The van der Waals surface area contributed by atoms with E-state index >= 15 is 0 Å². The Kier molecular flexibility index (Phi) is 10.8. The zero-order valence-electron chi connectivity index (χ0n) is 21.4. The molecule has 34 heavy (non-hydrogen) atoms. The molecule has 0 heterocycles. The van der Waals surface area contributed by atoms with Crippen LogP contribution in [0.3, 0.4) is 0 Å². The zero-order valence-corrected chi connectivity index (χ0v) is 22.4. The van der Waals surface area contributed by atoms with Crippen LogP contribution >= 0.6 is 0 Å². The number of carboxylic acid groups (broad SMARTS) is 1. The molecule has 0 aromatic heterocycles. The Morgan fingerprint density at radius 1 is 1.24 bits per heavy atom. The summed E-state index contributed by atoms with van der Waals surface area (Å²) in [6.45, 7) is 11.8. The van der Waals surface area contributed by atoms with E-state index in [0.717, 1.165) is 31.4 Å². The minimum absolute atomic E-state index is 0.0146. The van der Waals surface area contributed by atoms with E-state index in [1.807, 2.05) is 36.4 Å². The van der Waals surface area contributed by atoms with Crippen molar-refractivity contribution in [2.24, 2.45) is 5.92 Å². The Morgan fingerprint density at radius 3 is 2.59 bits per heavy atom.